The normalized spacial score (nSPS) is 20.8. The summed E-state index contributed by atoms with van der Waals surface area (Å²) in [6.07, 6.45) is 4.84. The fraction of sp³-hybridized carbons (Fsp3) is 0.588. The van der Waals surface area contributed by atoms with E-state index >= 15 is 0 Å². The Balaban J connectivity index is 1.53. The lowest BCUT2D eigenvalue weighted by Crippen LogP contribution is -2.39. The van der Waals surface area contributed by atoms with Gasteiger partial charge < -0.3 is 14.4 Å². The molecule has 0 unspecified atom stereocenters. The van der Waals surface area contributed by atoms with Crippen molar-refractivity contribution in [1.82, 2.24) is 0 Å². The molecule has 118 valence electrons. The van der Waals surface area contributed by atoms with E-state index in [4.69, 9.17) is 26.3 Å². The molecule has 2 fully saturated rings. The zero-order valence-corrected chi connectivity index (χ0v) is 13.4. The van der Waals surface area contributed by atoms with E-state index in [9.17, 15) is 0 Å². The Bertz CT molecular complexity index is 544. The van der Waals surface area contributed by atoms with E-state index in [0.717, 1.165) is 57.7 Å². The Morgan fingerprint density at radius 1 is 1.14 bits per heavy atom. The van der Waals surface area contributed by atoms with E-state index in [-0.39, 0.29) is 0 Å². The predicted molar refractivity (Wildman–Crippen MR) is 86.3 cm³/mol. The van der Waals surface area contributed by atoms with Gasteiger partial charge in [0.15, 0.2) is 0 Å². The van der Waals surface area contributed by atoms with Crippen molar-refractivity contribution in [3.05, 3.63) is 28.8 Å². The molecule has 22 heavy (non-hydrogen) atoms. The summed E-state index contributed by atoms with van der Waals surface area (Å²) in [5.74, 6) is 0. The number of piperidine rings is 1. The quantitative estimate of drug-likeness (QED) is 0.856. The minimum Gasteiger partial charge on any atom is -0.381 e. The Morgan fingerprint density at radius 2 is 1.82 bits per heavy atom. The highest BCUT2D eigenvalue weighted by atomic mass is 35.5. The molecule has 0 amide bonds. The third kappa shape index (κ3) is 3.73. The smallest absolute Gasteiger partial charge is 0.101 e. The molecule has 3 rings (SSSR count). The second-order valence-corrected chi connectivity index (χ2v) is 6.32. The lowest BCUT2D eigenvalue weighted by Gasteiger charge is -2.36. The molecule has 0 aromatic heterocycles. The number of ether oxygens (including phenoxy) is 2. The molecule has 5 heteroatoms. The van der Waals surface area contributed by atoms with E-state index in [2.05, 4.69) is 11.0 Å². The molecule has 0 N–H and O–H groups in total. The Kier molecular flexibility index (Phi) is 5.20. The molecule has 0 atom stereocenters. The van der Waals surface area contributed by atoms with Crippen LogP contribution in [-0.2, 0) is 9.47 Å². The Hall–Kier alpha value is -1.28. The topological polar surface area (TPSA) is 45.5 Å². The second-order valence-electron chi connectivity index (χ2n) is 5.91. The number of benzene rings is 1. The first-order valence-electron chi connectivity index (χ1n) is 7.94. The van der Waals surface area contributed by atoms with Crippen molar-refractivity contribution in [3.63, 3.8) is 0 Å². The van der Waals surface area contributed by atoms with Gasteiger partial charge in [-0.2, -0.15) is 5.26 Å². The molecule has 0 radical (unpaired) electrons. The number of nitriles is 1. The van der Waals surface area contributed by atoms with Gasteiger partial charge in [-0.1, -0.05) is 11.6 Å². The third-order valence-corrected chi connectivity index (χ3v) is 4.75. The molecule has 0 bridgehead atoms. The van der Waals surface area contributed by atoms with Crippen LogP contribution in [0.2, 0.25) is 5.02 Å². The fourth-order valence-corrected chi connectivity index (χ4v) is 3.34. The SMILES string of the molecule is N#Cc1ccc(N2CCC(OC3CCOCC3)CC2)cc1Cl. The molecule has 2 aliphatic heterocycles. The van der Waals surface area contributed by atoms with E-state index in [1.54, 1.807) is 6.07 Å². The van der Waals surface area contributed by atoms with Gasteiger partial charge in [0, 0.05) is 32.0 Å². The van der Waals surface area contributed by atoms with Crippen LogP contribution in [0.25, 0.3) is 0 Å². The van der Waals surface area contributed by atoms with Gasteiger partial charge in [-0.25, -0.2) is 0 Å². The second kappa shape index (κ2) is 7.32. The zero-order valence-electron chi connectivity index (χ0n) is 12.6. The van der Waals surface area contributed by atoms with E-state index in [1.807, 2.05) is 12.1 Å². The van der Waals surface area contributed by atoms with Crippen LogP contribution in [-0.4, -0.2) is 38.5 Å². The van der Waals surface area contributed by atoms with Crippen LogP contribution in [0.15, 0.2) is 18.2 Å². The molecular weight excluding hydrogens is 300 g/mol. The summed E-state index contributed by atoms with van der Waals surface area (Å²) in [4.78, 5) is 2.32. The summed E-state index contributed by atoms with van der Waals surface area (Å²) in [5.41, 5.74) is 1.62. The average molecular weight is 321 g/mol. The molecule has 1 aromatic rings. The van der Waals surface area contributed by atoms with Crippen LogP contribution < -0.4 is 4.90 Å². The van der Waals surface area contributed by atoms with Crippen LogP contribution in [0.3, 0.4) is 0 Å². The summed E-state index contributed by atoms with van der Waals surface area (Å²) in [7, 11) is 0. The molecule has 2 heterocycles. The van der Waals surface area contributed by atoms with E-state index in [0.29, 0.717) is 22.8 Å². The number of anilines is 1. The molecule has 0 aliphatic carbocycles. The Morgan fingerprint density at radius 3 is 2.45 bits per heavy atom. The molecule has 2 saturated heterocycles. The first-order chi connectivity index (χ1) is 10.8. The van der Waals surface area contributed by atoms with Crippen LogP contribution in [0, 0.1) is 11.3 Å². The highest BCUT2D eigenvalue weighted by Gasteiger charge is 2.24. The van der Waals surface area contributed by atoms with Crippen LogP contribution in [0.1, 0.15) is 31.2 Å². The third-order valence-electron chi connectivity index (χ3n) is 4.43. The minimum atomic E-state index is 0.355. The van der Waals surface area contributed by atoms with Crippen molar-refractivity contribution < 1.29 is 9.47 Å². The van der Waals surface area contributed by atoms with Gasteiger partial charge in [-0.3, -0.25) is 0 Å². The summed E-state index contributed by atoms with van der Waals surface area (Å²) in [6.45, 7) is 3.59. The van der Waals surface area contributed by atoms with Gasteiger partial charge in [0.25, 0.3) is 0 Å². The molecule has 0 spiro atoms. The summed E-state index contributed by atoms with van der Waals surface area (Å²) < 4.78 is 11.6. The van der Waals surface area contributed by atoms with Gasteiger partial charge in [0.2, 0.25) is 0 Å². The molecule has 0 saturated carbocycles. The van der Waals surface area contributed by atoms with Crippen molar-refractivity contribution in [1.29, 1.82) is 5.26 Å². The molecule has 1 aromatic carbocycles. The van der Waals surface area contributed by atoms with E-state index in [1.165, 1.54) is 0 Å². The number of hydrogen-bond donors (Lipinski definition) is 0. The average Bonchev–Trinajstić information content (AvgIpc) is 2.56. The van der Waals surface area contributed by atoms with Crippen LogP contribution in [0.4, 0.5) is 5.69 Å². The first-order valence-corrected chi connectivity index (χ1v) is 8.32. The van der Waals surface area contributed by atoms with Gasteiger partial charge >= 0.3 is 0 Å². The number of nitrogens with zero attached hydrogens (tertiary/aromatic N) is 2. The molecule has 4 nitrogen and oxygen atoms in total. The number of rotatable bonds is 3. The van der Waals surface area contributed by atoms with Gasteiger partial charge in [0.1, 0.15) is 6.07 Å². The molecule has 2 aliphatic rings. The summed E-state index contributed by atoms with van der Waals surface area (Å²) in [5, 5.41) is 9.46. The van der Waals surface area contributed by atoms with Gasteiger partial charge in [0.05, 0.1) is 22.8 Å². The fourth-order valence-electron chi connectivity index (χ4n) is 3.13. The van der Waals surface area contributed by atoms with Crippen LogP contribution in [0.5, 0.6) is 0 Å². The number of halogens is 1. The number of hydrogen-bond acceptors (Lipinski definition) is 4. The van der Waals surface area contributed by atoms with Gasteiger partial charge in [-0.15, -0.1) is 0 Å². The maximum absolute atomic E-state index is 8.94. The van der Waals surface area contributed by atoms with Gasteiger partial charge in [-0.05, 0) is 43.9 Å². The van der Waals surface area contributed by atoms with Crippen molar-refractivity contribution >= 4 is 17.3 Å². The largest absolute Gasteiger partial charge is 0.381 e. The summed E-state index contributed by atoms with van der Waals surface area (Å²) in [6, 6.07) is 7.76. The van der Waals surface area contributed by atoms with E-state index < -0.39 is 0 Å². The molecular formula is C17H21ClN2O2. The zero-order chi connectivity index (χ0) is 15.4. The van der Waals surface area contributed by atoms with Crippen molar-refractivity contribution in [3.8, 4) is 6.07 Å². The minimum absolute atomic E-state index is 0.355. The maximum Gasteiger partial charge on any atom is 0.101 e. The monoisotopic (exact) mass is 320 g/mol. The van der Waals surface area contributed by atoms with Crippen LogP contribution >= 0.6 is 11.6 Å². The standard InChI is InChI=1S/C17H21ClN2O2/c18-17-11-14(2-1-13(17)12-19)20-7-3-15(4-8-20)22-16-5-9-21-10-6-16/h1-2,11,15-16H,3-10H2. The highest BCUT2D eigenvalue weighted by Crippen LogP contribution is 2.27. The van der Waals surface area contributed by atoms with Crippen molar-refractivity contribution in [2.45, 2.75) is 37.9 Å². The maximum atomic E-state index is 8.94. The lowest BCUT2D eigenvalue weighted by molar-refractivity contribution is -0.0743. The highest BCUT2D eigenvalue weighted by molar-refractivity contribution is 6.32. The first kappa shape index (κ1) is 15.6. The summed E-state index contributed by atoms with van der Waals surface area (Å²) >= 11 is 6.12. The Labute approximate surface area is 136 Å². The lowest BCUT2D eigenvalue weighted by atomic mass is 10.1. The van der Waals surface area contributed by atoms with Crippen molar-refractivity contribution in [2.75, 3.05) is 31.2 Å². The predicted octanol–water partition coefficient (Wildman–Crippen LogP) is 3.38. The van der Waals surface area contributed by atoms with Crippen molar-refractivity contribution in [2.24, 2.45) is 0 Å².